The molecule has 0 aliphatic rings. The molecule has 0 amide bonds. The van der Waals surface area contributed by atoms with Crippen LogP contribution in [0.15, 0.2) is 16.6 Å². The van der Waals surface area contributed by atoms with E-state index in [4.69, 9.17) is 11.5 Å². The van der Waals surface area contributed by atoms with E-state index in [-0.39, 0.29) is 17.8 Å². The third-order valence-corrected chi connectivity index (χ3v) is 2.40. The van der Waals surface area contributed by atoms with E-state index in [2.05, 4.69) is 20.7 Å². The number of nitrogens with two attached hydrogens (primary N) is 2. The zero-order valence-corrected chi connectivity index (χ0v) is 9.02. The third kappa shape index (κ3) is 3.00. The van der Waals surface area contributed by atoms with Crippen molar-refractivity contribution < 1.29 is 17.9 Å². The van der Waals surface area contributed by atoms with Gasteiger partial charge in [-0.2, -0.15) is 0 Å². The van der Waals surface area contributed by atoms with Gasteiger partial charge in [0.1, 0.15) is 0 Å². The number of ether oxygens (including phenoxy) is 1. The zero-order chi connectivity index (χ0) is 11.6. The van der Waals surface area contributed by atoms with Crippen LogP contribution in [0.25, 0.3) is 0 Å². The largest absolute Gasteiger partial charge is 0.573 e. The topological polar surface area (TPSA) is 61.3 Å². The van der Waals surface area contributed by atoms with Crippen molar-refractivity contribution in [1.82, 2.24) is 0 Å². The third-order valence-electron chi connectivity index (χ3n) is 1.66. The van der Waals surface area contributed by atoms with E-state index >= 15 is 0 Å². The second kappa shape index (κ2) is 4.28. The second-order valence-corrected chi connectivity index (χ2v) is 3.55. The van der Waals surface area contributed by atoms with Crippen LogP contribution < -0.4 is 16.2 Å². The molecule has 0 atom stereocenters. The number of hydrogen-bond donors (Lipinski definition) is 2. The Balaban J connectivity index is 3.20. The minimum atomic E-state index is -4.78. The first-order chi connectivity index (χ1) is 6.85. The van der Waals surface area contributed by atoms with E-state index < -0.39 is 12.1 Å². The zero-order valence-electron chi connectivity index (χ0n) is 7.44. The van der Waals surface area contributed by atoms with Crippen LogP contribution in [0.2, 0.25) is 0 Å². The number of anilines is 1. The quantitative estimate of drug-likeness (QED) is 0.820. The molecule has 1 rings (SSSR count). The lowest BCUT2D eigenvalue weighted by molar-refractivity contribution is -0.274. The Morgan fingerprint density at radius 1 is 1.33 bits per heavy atom. The molecule has 1 aromatic carbocycles. The van der Waals surface area contributed by atoms with Gasteiger partial charge in [0.05, 0.1) is 5.69 Å². The van der Waals surface area contributed by atoms with Crippen LogP contribution in [0.5, 0.6) is 5.75 Å². The number of benzene rings is 1. The maximum Gasteiger partial charge on any atom is 0.573 e. The molecular formula is C8H8BrF3N2O. The molecule has 0 unspecified atom stereocenters. The van der Waals surface area contributed by atoms with E-state index in [1.54, 1.807) is 0 Å². The molecule has 4 N–H and O–H groups in total. The summed E-state index contributed by atoms with van der Waals surface area (Å²) in [4.78, 5) is 0. The van der Waals surface area contributed by atoms with Crippen molar-refractivity contribution in [3.05, 3.63) is 22.2 Å². The first-order valence-electron chi connectivity index (χ1n) is 3.88. The molecule has 0 spiro atoms. The summed E-state index contributed by atoms with van der Waals surface area (Å²) in [6.07, 6.45) is -4.78. The summed E-state index contributed by atoms with van der Waals surface area (Å²) in [6.45, 7) is -0.100. The molecule has 0 aromatic heterocycles. The van der Waals surface area contributed by atoms with Crippen LogP contribution in [0.3, 0.4) is 0 Å². The molecule has 0 heterocycles. The number of alkyl halides is 3. The summed E-state index contributed by atoms with van der Waals surface area (Å²) in [5, 5.41) is 0. The van der Waals surface area contributed by atoms with Gasteiger partial charge in [0, 0.05) is 16.6 Å². The fraction of sp³-hybridized carbons (Fsp3) is 0.250. The Kier molecular flexibility index (Phi) is 3.46. The number of halogens is 4. The maximum atomic E-state index is 12.0. The average molecular weight is 285 g/mol. The second-order valence-electron chi connectivity index (χ2n) is 2.70. The Hall–Kier alpha value is -0.950. The molecule has 0 radical (unpaired) electrons. The minimum absolute atomic E-state index is 0.100. The molecule has 3 nitrogen and oxygen atoms in total. The fourth-order valence-corrected chi connectivity index (χ4v) is 1.52. The Morgan fingerprint density at radius 3 is 2.40 bits per heavy atom. The van der Waals surface area contributed by atoms with Gasteiger partial charge in [-0.1, -0.05) is 15.9 Å². The van der Waals surface area contributed by atoms with Gasteiger partial charge in [-0.25, -0.2) is 0 Å². The maximum absolute atomic E-state index is 12.0. The van der Waals surface area contributed by atoms with Crippen LogP contribution in [0.1, 0.15) is 5.56 Å². The number of nitrogen functional groups attached to an aromatic ring is 1. The molecule has 0 aliphatic carbocycles. The summed E-state index contributed by atoms with van der Waals surface area (Å²) in [6, 6.07) is 2.82. The fourth-order valence-electron chi connectivity index (χ4n) is 1.05. The molecule has 0 saturated carbocycles. The molecule has 1 aromatic rings. The van der Waals surface area contributed by atoms with Gasteiger partial charge in [0.2, 0.25) is 0 Å². The minimum Gasteiger partial charge on any atom is -0.403 e. The number of hydrogen-bond acceptors (Lipinski definition) is 3. The van der Waals surface area contributed by atoms with Gasteiger partial charge in [-0.3, -0.25) is 0 Å². The van der Waals surface area contributed by atoms with Gasteiger partial charge in [-0.15, -0.1) is 13.2 Å². The van der Waals surface area contributed by atoms with E-state index in [0.717, 1.165) is 0 Å². The molecule has 0 bridgehead atoms. The lowest BCUT2D eigenvalue weighted by Crippen LogP contribution is -2.20. The van der Waals surface area contributed by atoms with Crippen molar-refractivity contribution in [2.24, 2.45) is 5.73 Å². The van der Waals surface area contributed by atoms with Crippen LogP contribution in [0.4, 0.5) is 18.9 Å². The predicted octanol–water partition coefficient (Wildman–Crippen LogP) is 2.39. The van der Waals surface area contributed by atoms with Crippen molar-refractivity contribution in [2.75, 3.05) is 5.73 Å². The number of rotatable bonds is 2. The van der Waals surface area contributed by atoms with Crippen molar-refractivity contribution >= 4 is 21.6 Å². The Labute approximate surface area is 92.3 Å². The van der Waals surface area contributed by atoms with Crippen molar-refractivity contribution in [3.63, 3.8) is 0 Å². The summed E-state index contributed by atoms with van der Waals surface area (Å²) in [5.41, 5.74) is 10.8. The molecule has 15 heavy (non-hydrogen) atoms. The first kappa shape index (κ1) is 12.1. The predicted molar refractivity (Wildman–Crippen MR) is 53.1 cm³/mol. The van der Waals surface area contributed by atoms with Crippen molar-refractivity contribution in [2.45, 2.75) is 12.9 Å². The van der Waals surface area contributed by atoms with Crippen LogP contribution in [-0.2, 0) is 6.54 Å². The lowest BCUT2D eigenvalue weighted by Gasteiger charge is -2.15. The summed E-state index contributed by atoms with van der Waals surface area (Å²) < 4.78 is 40.3. The highest BCUT2D eigenvalue weighted by Gasteiger charge is 2.33. The van der Waals surface area contributed by atoms with Gasteiger partial charge in [0.15, 0.2) is 5.75 Å². The van der Waals surface area contributed by atoms with Crippen LogP contribution in [0, 0.1) is 0 Å². The van der Waals surface area contributed by atoms with Crippen molar-refractivity contribution in [1.29, 1.82) is 0 Å². The highest BCUT2D eigenvalue weighted by Crippen LogP contribution is 2.35. The van der Waals surface area contributed by atoms with Gasteiger partial charge >= 0.3 is 6.36 Å². The summed E-state index contributed by atoms with van der Waals surface area (Å²) in [7, 11) is 0. The van der Waals surface area contributed by atoms with E-state index in [1.807, 2.05) is 0 Å². The summed E-state index contributed by atoms with van der Waals surface area (Å²) in [5.74, 6) is -0.445. The molecule has 0 aliphatic heterocycles. The van der Waals surface area contributed by atoms with E-state index in [0.29, 0.717) is 4.47 Å². The van der Waals surface area contributed by atoms with Gasteiger partial charge in [0.25, 0.3) is 0 Å². The molecular weight excluding hydrogens is 277 g/mol. The normalized spacial score (nSPS) is 11.5. The molecule has 84 valence electrons. The molecule has 0 saturated heterocycles. The monoisotopic (exact) mass is 284 g/mol. The smallest absolute Gasteiger partial charge is 0.403 e. The van der Waals surface area contributed by atoms with Gasteiger partial charge in [-0.05, 0) is 12.1 Å². The highest BCUT2D eigenvalue weighted by molar-refractivity contribution is 9.10. The van der Waals surface area contributed by atoms with E-state index in [9.17, 15) is 13.2 Å². The molecule has 0 fully saturated rings. The van der Waals surface area contributed by atoms with Crippen LogP contribution >= 0.6 is 15.9 Å². The Bertz CT molecular complexity index is 368. The SMILES string of the molecule is NCc1c(Br)ccc(N)c1OC(F)(F)F. The van der Waals surface area contributed by atoms with Gasteiger partial charge < -0.3 is 16.2 Å². The highest BCUT2D eigenvalue weighted by atomic mass is 79.9. The first-order valence-corrected chi connectivity index (χ1v) is 4.67. The van der Waals surface area contributed by atoms with E-state index in [1.165, 1.54) is 12.1 Å². The standard InChI is InChI=1S/C8H8BrF3N2O/c9-5-1-2-6(14)7(4(5)3-13)15-8(10,11)12/h1-2H,3,13-14H2. The molecule has 7 heteroatoms. The summed E-state index contributed by atoms with van der Waals surface area (Å²) >= 11 is 3.07. The lowest BCUT2D eigenvalue weighted by atomic mass is 10.2. The van der Waals surface area contributed by atoms with Crippen LogP contribution in [-0.4, -0.2) is 6.36 Å². The Morgan fingerprint density at radius 2 is 1.93 bits per heavy atom. The average Bonchev–Trinajstić information content (AvgIpc) is 2.10. The van der Waals surface area contributed by atoms with Crippen molar-refractivity contribution in [3.8, 4) is 5.75 Å².